The molecule has 1 fully saturated rings. The molecule has 0 spiro atoms. The standard InChI is InChI=1S/C17H28N4O/c1-5-18-17(20-13-10-11-13)19-12-15(21(2)3)14-8-6-7-9-16(14)22-4/h6-9,13,15H,5,10-12H2,1-4H3,(H2,18,19,20). The van der Waals surface area contributed by atoms with Gasteiger partial charge in [0.15, 0.2) is 5.96 Å². The molecule has 1 aliphatic carbocycles. The Labute approximate surface area is 133 Å². The monoisotopic (exact) mass is 304 g/mol. The molecule has 0 saturated heterocycles. The number of ether oxygens (including phenoxy) is 1. The second-order valence-corrected chi connectivity index (χ2v) is 5.86. The Morgan fingerprint density at radius 1 is 1.36 bits per heavy atom. The van der Waals surface area contributed by atoms with Gasteiger partial charge in [-0.15, -0.1) is 0 Å². The van der Waals surface area contributed by atoms with E-state index in [2.05, 4.69) is 42.6 Å². The predicted octanol–water partition coefficient (Wildman–Crippen LogP) is 2.02. The minimum atomic E-state index is 0.186. The lowest BCUT2D eigenvalue weighted by Crippen LogP contribution is -2.39. The van der Waals surface area contributed by atoms with E-state index < -0.39 is 0 Å². The fourth-order valence-electron chi connectivity index (χ4n) is 2.40. The molecule has 2 N–H and O–H groups in total. The van der Waals surface area contributed by atoms with Crippen molar-refractivity contribution < 1.29 is 4.74 Å². The summed E-state index contributed by atoms with van der Waals surface area (Å²) < 4.78 is 5.50. The largest absolute Gasteiger partial charge is 0.496 e. The highest BCUT2D eigenvalue weighted by atomic mass is 16.5. The Hall–Kier alpha value is -1.75. The van der Waals surface area contributed by atoms with Gasteiger partial charge in [0, 0.05) is 18.2 Å². The predicted molar refractivity (Wildman–Crippen MR) is 91.6 cm³/mol. The van der Waals surface area contributed by atoms with Crippen LogP contribution in [0.4, 0.5) is 0 Å². The summed E-state index contributed by atoms with van der Waals surface area (Å²) in [6.07, 6.45) is 2.49. The van der Waals surface area contributed by atoms with Gasteiger partial charge in [-0.3, -0.25) is 4.99 Å². The first-order chi connectivity index (χ1) is 10.7. The van der Waals surface area contributed by atoms with Crippen molar-refractivity contribution in [3.63, 3.8) is 0 Å². The van der Waals surface area contributed by atoms with Gasteiger partial charge >= 0.3 is 0 Å². The van der Waals surface area contributed by atoms with Gasteiger partial charge in [0.25, 0.3) is 0 Å². The summed E-state index contributed by atoms with van der Waals surface area (Å²) >= 11 is 0. The van der Waals surface area contributed by atoms with Crippen molar-refractivity contribution in [1.29, 1.82) is 0 Å². The molecule has 22 heavy (non-hydrogen) atoms. The molecule has 0 radical (unpaired) electrons. The van der Waals surface area contributed by atoms with Crippen LogP contribution in [0.5, 0.6) is 5.75 Å². The van der Waals surface area contributed by atoms with E-state index in [0.717, 1.165) is 18.3 Å². The molecule has 1 unspecified atom stereocenters. The Morgan fingerprint density at radius 3 is 2.68 bits per heavy atom. The zero-order valence-corrected chi connectivity index (χ0v) is 14.1. The van der Waals surface area contributed by atoms with E-state index in [1.165, 1.54) is 18.4 Å². The SMILES string of the molecule is CCNC(=NCC(c1ccccc1OC)N(C)C)NC1CC1. The maximum atomic E-state index is 5.50. The number of methoxy groups -OCH3 is 1. The summed E-state index contributed by atoms with van der Waals surface area (Å²) in [5.74, 6) is 1.82. The zero-order chi connectivity index (χ0) is 15.9. The molecule has 1 aromatic carbocycles. The molecular weight excluding hydrogens is 276 g/mol. The van der Waals surface area contributed by atoms with Crippen LogP contribution in [0, 0.1) is 0 Å². The van der Waals surface area contributed by atoms with Gasteiger partial charge in [-0.2, -0.15) is 0 Å². The van der Waals surface area contributed by atoms with Crippen molar-refractivity contribution >= 4 is 5.96 Å². The van der Waals surface area contributed by atoms with E-state index in [1.54, 1.807) is 7.11 Å². The van der Waals surface area contributed by atoms with E-state index in [-0.39, 0.29) is 6.04 Å². The highest BCUT2D eigenvalue weighted by Gasteiger charge is 2.23. The quantitative estimate of drug-likeness (QED) is 0.598. The summed E-state index contributed by atoms with van der Waals surface area (Å²) in [6.45, 7) is 3.66. The smallest absolute Gasteiger partial charge is 0.191 e. The molecule has 5 heteroatoms. The Kier molecular flexibility index (Phi) is 6.07. The number of benzene rings is 1. The summed E-state index contributed by atoms with van der Waals surface area (Å²) in [7, 11) is 5.87. The van der Waals surface area contributed by atoms with Gasteiger partial charge < -0.3 is 20.3 Å². The maximum absolute atomic E-state index is 5.50. The molecule has 2 rings (SSSR count). The van der Waals surface area contributed by atoms with E-state index in [0.29, 0.717) is 12.6 Å². The number of rotatable bonds is 7. The molecule has 0 aliphatic heterocycles. The second-order valence-electron chi connectivity index (χ2n) is 5.86. The molecule has 5 nitrogen and oxygen atoms in total. The van der Waals surface area contributed by atoms with Crippen LogP contribution in [0.2, 0.25) is 0 Å². The van der Waals surface area contributed by atoms with Crippen molar-refractivity contribution in [2.75, 3.05) is 34.3 Å². The van der Waals surface area contributed by atoms with Gasteiger partial charge in [-0.25, -0.2) is 0 Å². The number of hydrogen-bond donors (Lipinski definition) is 2. The number of para-hydroxylation sites is 1. The first kappa shape index (κ1) is 16.6. The van der Waals surface area contributed by atoms with Crippen molar-refractivity contribution in [1.82, 2.24) is 15.5 Å². The van der Waals surface area contributed by atoms with Crippen molar-refractivity contribution in [3.05, 3.63) is 29.8 Å². The van der Waals surface area contributed by atoms with Gasteiger partial charge in [0.2, 0.25) is 0 Å². The van der Waals surface area contributed by atoms with Crippen LogP contribution < -0.4 is 15.4 Å². The number of nitrogens with zero attached hydrogens (tertiary/aromatic N) is 2. The van der Waals surface area contributed by atoms with Gasteiger partial charge in [-0.1, -0.05) is 18.2 Å². The third kappa shape index (κ3) is 4.63. The van der Waals surface area contributed by atoms with E-state index >= 15 is 0 Å². The molecule has 0 amide bonds. The van der Waals surface area contributed by atoms with Crippen molar-refractivity contribution in [2.24, 2.45) is 4.99 Å². The van der Waals surface area contributed by atoms with E-state index in [1.807, 2.05) is 18.2 Å². The van der Waals surface area contributed by atoms with Crippen LogP contribution in [0.25, 0.3) is 0 Å². The zero-order valence-electron chi connectivity index (χ0n) is 14.1. The number of guanidine groups is 1. The lowest BCUT2D eigenvalue weighted by molar-refractivity contribution is 0.295. The van der Waals surface area contributed by atoms with Crippen LogP contribution >= 0.6 is 0 Å². The lowest BCUT2D eigenvalue weighted by atomic mass is 10.0. The number of likely N-dealkylation sites (N-methyl/N-ethyl adjacent to an activating group) is 1. The molecule has 1 aromatic rings. The van der Waals surface area contributed by atoms with Gasteiger partial charge in [0.1, 0.15) is 5.75 Å². The summed E-state index contributed by atoms with van der Waals surface area (Å²) in [5, 5.41) is 6.77. The molecule has 122 valence electrons. The van der Waals surface area contributed by atoms with E-state index in [4.69, 9.17) is 9.73 Å². The average Bonchev–Trinajstić information content (AvgIpc) is 3.31. The number of nitrogens with one attached hydrogen (secondary N) is 2. The summed E-state index contributed by atoms with van der Waals surface area (Å²) in [5.41, 5.74) is 1.17. The lowest BCUT2D eigenvalue weighted by Gasteiger charge is -2.25. The maximum Gasteiger partial charge on any atom is 0.191 e. The topological polar surface area (TPSA) is 48.9 Å². The minimum absolute atomic E-state index is 0.186. The Bertz CT molecular complexity index is 497. The molecular formula is C17H28N4O. The number of hydrogen-bond acceptors (Lipinski definition) is 3. The van der Waals surface area contributed by atoms with Crippen LogP contribution in [-0.2, 0) is 0 Å². The molecule has 1 saturated carbocycles. The van der Waals surface area contributed by atoms with Crippen LogP contribution in [0.3, 0.4) is 0 Å². The highest BCUT2D eigenvalue weighted by molar-refractivity contribution is 5.80. The Morgan fingerprint density at radius 2 is 2.09 bits per heavy atom. The van der Waals surface area contributed by atoms with Crippen LogP contribution in [0.15, 0.2) is 29.3 Å². The average molecular weight is 304 g/mol. The van der Waals surface area contributed by atoms with Crippen LogP contribution in [0.1, 0.15) is 31.4 Å². The van der Waals surface area contributed by atoms with Crippen LogP contribution in [-0.4, -0.2) is 51.2 Å². The fourth-order valence-corrected chi connectivity index (χ4v) is 2.40. The second kappa shape index (κ2) is 8.03. The molecule has 1 atom stereocenters. The first-order valence-corrected chi connectivity index (χ1v) is 7.99. The van der Waals surface area contributed by atoms with Gasteiger partial charge in [-0.05, 0) is 39.9 Å². The summed E-state index contributed by atoms with van der Waals surface area (Å²) in [4.78, 5) is 6.95. The Balaban J connectivity index is 2.13. The van der Waals surface area contributed by atoms with Crippen molar-refractivity contribution in [3.8, 4) is 5.75 Å². The molecule has 0 bridgehead atoms. The fraction of sp³-hybridized carbons (Fsp3) is 0.588. The normalized spacial score (nSPS) is 16.5. The highest BCUT2D eigenvalue weighted by Crippen LogP contribution is 2.28. The first-order valence-electron chi connectivity index (χ1n) is 7.99. The summed E-state index contributed by atoms with van der Waals surface area (Å²) in [6, 6.07) is 8.94. The third-order valence-corrected chi connectivity index (χ3v) is 3.81. The number of aliphatic imine (C=N–C) groups is 1. The minimum Gasteiger partial charge on any atom is -0.496 e. The third-order valence-electron chi connectivity index (χ3n) is 3.81. The van der Waals surface area contributed by atoms with E-state index in [9.17, 15) is 0 Å². The molecule has 1 aliphatic rings. The van der Waals surface area contributed by atoms with Crippen molar-refractivity contribution in [2.45, 2.75) is 31.8 Å². The molecule has 0 aromatic heterocycles. The molecule has 0 heterocycles. The van der Waals surface area contributed by atoms with Gasteiger partial charge in [0.05, 0.1) is 19.7 Å².